The van der Waals surface area contributed by atoms with Gasteiger partial charge in [-0.3, -0.25) is 42.1 Å². The van der Waals surface area contributed by atoms with E-state index in [0.29, 0.717) is 0 Å². The number of aliphatic hydroxyl groups is 2. The molecule has 3 unspecified atom stereocenters. The number of hydrogen-bond donors (Lipinski definition) is 11. The molecule has 0 bridgehead atoms. The molecule has 338 valence electrons. The highest BCUT2D eigenvalue weighted by molar-refractivity contribution is 8.13. The summed E-state index contributed by atoms with van der Waals surface area (Å²) in [5, 5.41) is 34.4. The Labute approximate surface area is 343 Å². The maximum Gasteiger partial charge on any atom is 0.481 e. The fourth-order valence-electron chi connectivity index (χ4n) is 5.04. The molecule has 0 radical (unpaired) electrons. The monoisotopic (exact) mass is 938 g/mol. The minimum atomic E-state index is -5.61. The van der Waals surface area contributed by atoms with Crippen LogP contribution in [0.2, 0.25) is 0 Å². The van der Waals surface area contributed by atoms with Crippen LogP contribution in [0.15, 0.2) is 12.7 Å². The van der Waals surface area contributed by atoms with Gasteiger partial charge in [0.2, 0.25) is 11.8 Å². The van der Waals surface area contributed by atoms with Crippen molar-refractivity contribution in [1.82, 2.24) is 30.2 Å². The summed E-state index contributed by atoms with van der Waals surface area (Å²) in [7, 11) is -16.5. The molecule has 1 aliphatic rings. The van der Waals surface area contributed by atoms with E-state index in [9.17, 15) is 67.5 Å². The molecule has 8 atom stereocenters. The van der Waals surface area contributed by atoms with Crippen molar-refractivity contribution in [3.05, 3.63) is 12.7 Å². The zero-order valence-corrected chi connectivity index (χ0v) is 35.1. The summed E-state index contributed by atoms with van der Waals surface area (Å²) in [5.74, 6) is -3.30. The first-order valence-electron chi connectivity index (χ1n) is 17.3. The number of thioether (sulfide) groups is 1. The number of nitrogens with zero attached hydrogens (tertiary/aromatic N) is 4. The lowest BCUT2D eigenvalue weighted by atomic mass is 9.87. The van der Waals surface area contributed by atoms with Gasteiger partial charge in [0.1, 0.15) is 48.1 Å². The third-order valence-corrected chi connectivity index (χ3v) is 12.1. The molecule has 32 heteroatoms. The first kappa shape index (κ1) is 51.0. The molecule has 3 rings (SSSR count). The highest BCUT2D eigenvalue weighted by Gasteiger charge is 2.50. The summed E-state index contributed by atoms with van der Waals surface area (Å²) in [5.41, 5.74) is 9.48. The van der Waals surface area contributed by atoms with Crippen LogP contribution < -0.4 is 22.1 Å². The number of phosphoric acid groups is 3. The number of aliphatic hydroxyl groups excluding tert-OH is 2. The van der Waals surface area contributed by atoms with Crippen molar-refractivity contribution in [2.75, 3.05) is 37.8 Å². The lowest BCUT2D eigenvalue weighted by Crippen LogP contribution is -2.46. The average molecular weight is 939 g/mol. The topological polar surface area (TPSA) is 444 Å². The molecule has 13 N–H and O–H groups in total. The first-order valence-corrected chi connectivity index (χ1v) is 22.8. The number of phosphoric ester groups is 3. The van der Waals surface area contributed by atoms with Crippen LogP contribution in [-0.2, 0) is 60.3 Å². The number of imidazole rings is 1. The fourth-order valence-corrected chi connectivity index (χ4v) is 8.56. The molecule has 3 heterocycles. The van der Waals surface area contributed by atoms with Crippen LogP contribution in [0.25, 0.3) is 11.2 Å². The third kappa shape index (κ3) is 15.8. The smallest absolute Gasteiger partial charge is 0.480 e. The van der Waals surface area contributed by atoms with E-state index >= 15 is 0 Å². The standard InChI is InChI=1S/C28H45N8O20P3S/c1-28(2,22(41)25(42)32-6-5-17(38)31-7-8-60-18(39)9-14(37)3-4-15(29)27(43)44)11-53-59(50,51)56-58(48,49)52-10-16-21(55-57(45,46)47)20(40)26(54-16)36-13-35-19-23(30)33-12-34-24(19)36/h12-13,15-16,20-22,26,40-41H,3-11,29H2,1-2H3,(H,31,38)(H,32,42)(H,43,44)(H,48,49)(H,50,51)(H2,30,33,34)(H2,45,46,47)/t15?,16-,20-,21-,22+,26-/m1/s1. The van der Waals surface area contributed by atoms with Gasteiger partial charge in [0.05, 0.1) is 26.0 Å². The summed E-state index contributed by atoms with van der Waals surface area (Å²) in [6.07, 6.45) is -7.94. The van der Waals surface area contributed by atoms with Crippen LogP contribution in [0.3, 0.4) is 0 Å². The number of hydrogen-bond acceptors (Lipinski definition) is 21. The van der Waals surface area contributed by atoms with Crippen molar-refractivity contribution < 1.29 is 95.2 Å². The maximum atomic E-state index is 12.7. The highest BCUT2D eigenvalue weighted by atomic mass is 32.2. The van der Waals surface area contributed by atoms with Crippen LogP contribution in [0.1, 0.15) is 45.8 Å². The fraction of sp³-hybridized carbons (Fsp3) is 0.643. The minimum absolute atomic E-state index is 0.0127. The number of aromatic nitrogens is 4. The summed E-state index contributed by atoms with van der Waals surface area (Å²) in [6, 6.07) is -1.22. The SMILES string of the molecule is CC(C)(COP(=O)(O)OP(=O)(O)OC[C@H]1O[C@@H](n2cnc3c(N)ncnc32)[C@H](O)[C@@H]1OP(=O)(O)O)[C@@H](O)C(=O)NCCC(=O)NCCSC(=O)CC(=O)CCC(N)C(=O)O. The van der Waals surface area contributed by atoms with Crippen molar-refractivity contribution >= 4 is 80.9 Å². The van der Waals surface area contributed by atoms with Gasteiger partial charge in [0, 0.05) is 37.1 Å². The number of carbonyl (C=O) groups is 5. The maximum absolute atomic E-state index is 12.7. The van der Waals surface area contributed by atoms with Crippen LogP contribution in [0.4, 0.5) is 5.82 Å². The molecule has 2 aromatic rings. The predicted octanol–water partition coefficient (Wildman–Crippen LogP) is -2.18. The van der Waals surface area contributed by atoms with E-state index < -0.39 is 114 Å². The first-order chi connectivity index (χ1) is 27.7. The molecule has 28 nitrogen and oxygen atoms in total. The van der Waals surface area contributed by atoms with E-state index in [2.05, 4.69) is 34.4 Å². The number of nitrogen functional groups attached to an aromatic ring is 1. The summed E-state index contributed by atoms with van der Waals surface area (Å²) in [4.78, 5) is 110. The molecule has 1 fully saturated rings. The van der Waals surface area contributed by atoms with Crippen molar-refractivity contribution in [2.45, 2.75) is 76.2 Å². The van der Waals surface area contributed by atoms with Crippen LogP contribution in [0.5, 0.6) is 0 Å². The van der Waals surface area contributed by atoms with Gasteiger partial charge in [-0.25, -0.2) is 28.6 Å². The number of anilines is 1. The number of nitrogens with one attached hydrogen (secondary N) is 2. The third-order valence-electron chi connectivity index (χ3n) is 8.16. The number of ether oxygens (including phenoxy) is 1. The molecular weight excluding hydrogens is 893 g/mol. The average Bonchev–Trinajstić information content (AvgIpc) is 3.70. The quantitative estimate of drug-likeness (QED) is 0.0286. The van der Waals surface area contributed by atoms with E-state index in [4.69, 9.17) is 30.4 Å². The van der Waals surface area contributed by atoms with Gasteiger partial charge >= 0.3 is 29.4 Å². The van der Waals surface area contributed by atoms with E-state index in [0.717, 1.165) is 29.0 Å². The molecular formula is C28H45N8O20P3S. The number of carbonyl (C=O) groups excluding carboxylic acids is 4. The predicted molar refractivity (Wildman–Crippen MR) is 202 cm³/mol. The second-order valence-corrected chi connectivity index (χ2v) is 18.9. The zero-order valence-electron chi connectivity index (χ0n) is 31.6. The summed E-state index contributed by atoms with van der Waals surface area (Å²) in [6.45, 7) is 0.0613. The van der Waals surface area contributed by atoms with Gasteiger partial charge in [-0.2, -0.15) is 4.31 Å². The molecule has 0 aliphatic carbocycles. The van der Waals surface area contributed by atoms with Crippen LogP contribution in [0, 0.1) is 5.41 Å². The Bertz CT molecular complexity index is 2020. The Morgan fingerprint density at radius 3 is 2.33 bits per heavy atom. The summed E-state index contributed by atoms with van der Waals surface area (Å²) < 4.78 is 62.0. The van der Waals surface area contributed by atoms with Crippen molar-refractivity contribution in [1.29, 1.82) is 0 Å². The number of rotatable bonds is 25. The van der Waals surface area contributed by atoms with E-state index in [1.54, 1.807) is 0 Å². The molecule has 2 aromatic heterocycles. The molecule has 60 heavy (non-hydrogen) atoms. The molecule has 1 saturated heterocycles. The van der Waals surface area contributed by atoms with Gasteiger partial charge < -0.3 is 61.7 Å². The van der Waals surface area contributed by atoms with Gasteiger partial charge in [0.15, 0.2) is 22.8 Å². The number of amides is 2. The van der Waals surface area contributed by atoms with Crippen LogP contribution in [-0.4, -0.2) is 146 Å². The number of carboxylic acid groups (broad SMARTS) is 1. The lowest BCUT2D eigenvalue weighted by molar-refractivity contribution is -0.139. The number of aliphatic carboxylic acids is 1. The number of fused-ring (bicyclic) bond motifs is 1. The molecule has 0 spiro atoms. The lowest BCUT2D eigenvalue weighted by Gasteiger charge is -2.30. The van der Waals surface area contributed by atoms with Crippen molar-refractivity contribution in [3.8, 4) is 0 Å². The second-order valence-electron chi connectivity index (χ2n) is 13.5. The van der Waals surface area contributed by atoms with E-state index in [-0.39, 0.29) is 55.1 Å². The van der Waals surface area contributed by atoms with Gasteiger partial charge in [0.25, 0.3) is 0 Å². The Kier molecular flexibility index (Phi) is 18.4. The van der Waals surface area contributed by atoms with Crippen molar-refractivity contribution in [3.63, 3.8) is 0 Å². The van der Waals surface area contributed by atoms with E-state index in [1.165, 1.54) is 13.8 Å². The normalized spacial score (nSPS) is 21.4. The number of nitrogens with two attached hydrogens (primary N) is 2. The van der Waals surface area contributed by atoms with E-state index in [1.807, 2.05) is 0 Å². The second kappa shape index (κ2) is 21.6. The molecule has 2 amide bonds. The number of ketones is 1. The van der Waals surface area contributed by atoms with Crippen LogP contribution >= 0.6 is 35.2 Å². The minimum Gasteiger partial charge on any atom is -0.480 e. The Morgan fingerprint density at radius 2 is 1.68 bits per heavy atom. The zero-order chi connectivity index (χ0) is 45.2. The number of Topliss-reactive ketones (excluding diaryl/α,β-unsaturated/α-hetero) is 1. The Balaban J connectivity index is 1.43. The molecule has 1 aliphatic heterocycles. The summed E-state index contributed by atoms with van der Waals surface area (Å²) >= 11 is 0.771. The Hall–Kier alpha value is -3.34. The molecule has 0 saturated carbocycles. The van der Waals surface area contributed by atoms with Gasteiger partial charge in [-0.15, -0.1) is 0 Å². The van der Waals surface area contributed by atoms with Gasteiger partial charge in [-0.1, -0.05) is 25.6 Å². The largest absolute Gasteiger partial charge is 0.481 e. The molecule has 0 aromatic carbocycles. The van der Waals surface area contributed by atoms with Gasteiger partial charge in [-0.05, 0) is 6.42 Å². The Morgan fingerprint density at radius 1 is 1.02 bits per heavy atom. The highest BCUT2D eigenvalue weighted by Crippen LogP contribution is 2.61. The number of carboxylic acids is 1. The van der Waals surface area contributed by atoms with Crippen molar-refractivity contribution in [2.24, 2.45) is 11.1 Å².